The molecule has 9 aliphatic rings. The molecule has 5 heterocycles. The van der Waals surface area contributed by atoms with Crippen molar-refractivity contribution in [3.8, 4) is 0 Å². The van der Waals surface area contributed by atoms with Gasteiger partial charge < -0.3 is 143 Å². The summed E-state index contributed by atoms with van der Waals surface area (Å²) < 4.78 is 77.6. The van der Waals surface area contributed by atoms with Crippen LogP contribution < -0.4 is 0 Å². The molecule has 516 valence electrons. The Morgan fingerprint density at radius 3 is 1.41 bits per heavy atom. The average Bonchev–Trinajstić information content (AvgIpc) is 0.790. The molecule has 31 heteroatoms. The molecule has 9 rings (SSSR count). The summed E-state index contributed by atoms with van der Waals surface area (Å²) in [5.41, 5.74) is 0. The highest BCUT2D eigenvalue weighted by atomic mass is 16.8. The Morgan fingerprint density at radius 2 is 0.867 bits per heavy atom. The molecule has 5 aliphatic heterocycles. The SMILES string of the molecule is COC1CC(C=CC(=O)OCC2OC(OC3C(OC4CC5C(OC6OC(CO)C(OC7OC(CO)C(O)C(O)C7O)C(O)C6O)CC(O)CC5OC4C4CCC(O)CC4)OC(COC(=O)C=CC4CCC(O)C(OC)C4)C(O)C3O)C(O)C(O)C2O)CCC1O. The van der Waals surface area contributed by atoms with E-state index in [1.807, 2.05) is 0 Å². The highest BCUT2D eigenvalue weighted by Crippen LogP contribution is 2.46. The number of hydrogen-bond donors (Lipinski definition) is 16. The van der Waals surface area contributed by atoms with Crippen LogP contribution in [0.3, 0.4) is 0 Å². The molecule has 16 N–H and O–H groups in total. The van der Waals surface area contributed by atoms with Crippen molar-refractivity contribution in [2.24, 2.45) is 23.7 Å². The molecule has 5 saturated heterocycles. The minimum atomic E-state index is -2.06. The van der Waals surface area contributed by atoms with E-state index >= 15 is 0 Å². The molecule has 0 aromatic carbocycles. The topological polar surface area (TPSA) is 478 Å². The summed E-state index contributed by atoms with van der Waals surface area (Å²) in [5.74, 6) is -3.07. The predicted octanol–water partition coefficient (Wildman–Crippen LogP) is -5.95. The van der Waals surface area contributed by atoms with E-state index in [2.05, 4.69) is 0 Å². The molecule has 31 nitrogen and oxygen atoms in total. The maximum absolute atomic E-state index is 13.3. The van der Waals surface area contributed by atoms with E-state index in [9.17, 15) is 91.3 Å². The first-order valence-electron chi connectivity index (χ1n) is 31.4. The van der Waals surface area contributed by atoms with Crippen molar-refractivity contribution in [3.05, 3.63) is 24.3 Å². The standard InChI is InChI=1S/C59H94O31/c1-78-34-15-24(3-11-30(34)64)5-13-41(66)80-22-39-44(69)47(72)51(76)58(87-39)90-55-48(73)45(70)40(23-81-42(67)14-6-25-4-12-31(65)35(16-25)79-2)88-59(55)84-36-19-29-32(82-53(36)26-7-9-27(62)10-8-26)17-28(63)18-33(29)83-56-52(77)49(74)54(38(21-61)86-56)89-57-50(75)46(71)43(68)37(20-60)85-57/h5-6,13-14,24-40,43-65,68-77H,3-4,7-12,15-23H2,1-2H3. The largest absolute Gasteiger partial charge is 0.460 e. The summed E-state index contributed by atoms with van der Waals surface area (Å²) in [4.78, 5) is 26.3. The lowest BCUT2D eigenvalue weighted by Gasteiger charge is -2.53. The molecule has 0 aromatic heterocycles. The van der Waals surface area contributed by atoms with Gasteiger partial charge >= 0.3 is 11.9 Å². The summed E-state index contributed by atoms with van der Waals surface area (Å²) in [5, 5.41) is 175. The maximum atomic E-state index is 13.3. The average molecular weight is 1300 g/mol. The summed E-state index contributed by atoms with van der Waals surface area (Å²) >= 11 is 0. The van der Waals surface area contributed by atoms with Gasteiger partial charge in [-0.3, -0.25) is 0 Å². The lowest BCUT2D eigenvalue weighted by molar-refractivity contribution is -0.381. The van der Waals surface area contributed by atoms with Gasteiger partial charge in [0.2, 0.25) is 0 Å². The van der Waals surface area contributed by atoms with E-state index in [0.29, 0.717) is 64.2 Å². The van der Waals surface area contributed by atoms with Crippen LogP contribution in [0.15, 0.2) is 24.3 Å². The quantitative estimate of drug-likeness (QED) is 0.0376. The number of aliphatic hydroxyl groups excluding tert-OH is 16. The monoisotopic (exact) mass is 1300 g/mol. The number of aliphatic hydroxyl groups is 16. The Bertz CT molecular complexity index is 2290. The van der Waals surface area contributed by atoms with Gasteiger partial charge in [0.15, 0.2) is 25.2 Å². The second kappa shape index (κ2) is 32.4. The van der Waals surface area contributed by atoms with Crippen molar-refractivity contribution in [3.63, 3.8) is 0 Å². The van der Waals surface area contributed by atoms with E-state index in [1.54, 1.807) is 12.2 Å². The number of hydrogen-bond acceptors (Lipinski definition) is 31. The molecule has 90 heavy (non-hydrogen) atoms. The summed E-state index contributed by atoms with van der Waals surface area (Å²) in [7, 11) is 2.95. The number of allylic oxidation sites excluding steroid dienone is 2. The molecule has 0 spiro atoms. The molecule has 0 amide bonds. The summed E-state index contributed by atoms with van der Waals surface area (Å²) in [6.45, 7) is -3.03. The van der Waals surface area contributed by atoms with Gasteiger partial charge in [0.25, 0.3) is 0 Å². The van der Waals surface area contributed by atoms with Crippen molar-refractivity contribution >= 4 is 11.9 Å². The second-order valence-corrected chi connectivity index (χ2v) is 25.5. The third-order valence-corrected chi connectivity index (χ3v) is 19.5. The molecule has 32 atom stereocenters. The molecule has 4 aliphatic carbocycles. The number of esters is 2. The van der Waals surface area contributed by atoms with Crippen molar-refractivity contribution in [2.75, 3.05) is 40.6 Å². The molecular weight excluding hydrogens is 1200 g/mol. The highest BCUT2D eigenvalue weighted by Gasteiger charge is 2.57. The van der Waals surface area contributed by atoms with Gasteiger partial charge in [-0.05, 0) is 94.8 Å². The number of carbonyl (C=O) groups is 2. The van der Waals surface area contributed by atoms with Crippen LogP contribution in [0.5, 0.6) is 0 Å². The Morgan fingerprint density at radius 1 is 0.411 bits per heavy atom. The molecule has 0 aromatic rings. The third-order valence-electron chi connectivity index (χ3n) is 19.5. The minimum absolute atomic E-state index is 0.0216. The number of ether oxygens (including phenoxy) is 13. The van der Waals surface area contributed by atoms with E-state index < -0.39 is 228 Å². The smallest absolute Gasteiger partial charge is 0.330 e. The normalized spacial score (nSPS) is 48.9. The van der Waals surface area contributed by atoms with Gasteiger partial charge in [-0.2, -0.15) is 0 Å². The maximum Gasteiger partial charge on any atom is 0.330 e. The second-order valence-electron chi connectivity index (χ2n) is 25.5. The first-order valence-corrected chi connectivity index (χ1v) is 31.4. The number of carbonyl (C=O) groups excluding carboxylic acids is 2. The highest BCUT2D eigenvalue weighted by molar-refractivity contribution is 5.82. The van der Waals surface area contributed by atoms with Crippen LogP contribution in [0.1, 0.15) is 83.5 Å². The third kappa shape index (κ3) is 16.9. The van der Waals surface area contributed by atoms with E-state index in [0.717, 1.165) is 0 Å². The number of fused-ring (bicyclic) bond motifs is 1. The van der Waals surface area contributed by atoms with E-state index in [1.165, 1.54) is 26.4 Å². The van der Waals surface area contributed by atoms with Gasteiger partial charge in [-0.25, -0.2) is 9.59 Å². The lowest BCUT2D eigenvalue weighted by atomic mass is 9.72. The summed E-state index contributed by atoms with van der Waals surface area (Å²) in [6.07, 6.45) is -34.0. The number of methoxy groups -OCH3 is 2. The predicted molar refractivity (Wildman–Crippen MR) is 297 cm³/mol. The van der Waals surface area contributed by atoms with Gasteiger partial charge in [0.1, 0.15) is 111 Å². The molecule has 0 bridgehead atoms. The van der Waals surface area contributed by atoms with E-state index in [-0.39, 0.29) is 37.0 Å². The van der Waals surface area contributed by atoms with Crippen LogP contribution in [-0.4, -0.2) is 318 Å². The van der Waals surface area contributed by atoms with Gasteiger partial charge in [-0.1, -0.05) is 12.2 Å². The van der Waals surface area contributed by atoms with E-state index in [4.69, 9.17) is 61.6 Å². The van der Waals surface area contributed by atoms with Gasteiger partial charge in [-0.15, -0.1) is 0 Å². The Hall–Kier alpha value is -2.66. The number of rotatable bonds is 21. The van der Waals surface area contributed by atoms with Crippen molar-refractivity contribution < 1.29 is 153 Å². The van der Waals surface area contributed by atoms with Crippen LogP contribution in [0.4, 0.5) is 0 Å². The summed E-state index contributed by atoms with van der Waals surface area (Å²) in [6, 6.07) is 0. The molecule has 9 fully saturated rings. The fourth-order valence-electron chi connectivity index (χ4n) is 14.1. The van der Waals surface area contributed by atoms with Crippen LogP contribution in [0.2, 0.25) is 0 Å². The zero-order valence-corrected chi connectivity index (χ0v) is 50.2. The molecular formula is C59H94O31. The fraction of sp³-hybridized carbons (Fsp3) is 0.898. The fourth-order valence-corrected chi connectivity index (χ4v) is 14.1. The van der Waals surface area contributed by atoms with Crippen LogP contribution in [-0.2, 0) is 71.2 Å². The molecule has 32 unspecified atom stereocenters. The van der Waals surface area contributed by atoms with Crippen LogP contribution in [0.25, 0.3) is 0 Å². The van der Waals surface area contributed by atoms with Crippen molar-refractivity contribution in [1.82, 2.24) is 0 Å². The Balaban J connectivity index is 0.948. The van der Waals surface area contributed by atoms with Crippen molar-refractivity contribution in [1.29, 1.82) is 0 Å². The van der Waals surface area contributed by atoms with Crippen LogP contribution >= 0.6 is 0 Å². The Labute approximate surface area is 519 Å². The zero-order valence-electron chi connectivity index (χ0n) is 50.2. The first-order chi connectivity index (χ1) is 43.0. The zero-order chi connectivity index (χ0) is 64.8. The van der Waals surface area contributed by atoms with Gasteiger partial charge in [0.05, 0.1) is 74.3 Å². The van der Waals surface area contributed by atoms with Crippen molar-refractivity contribution in [2.45, 2.75) is 267 Å². The Kier molecular flexibility index (Phi) is 25.8. The lowest BCUT2D eigenvalue weighted by Crippen LogP contribution is -2.66. The minimum Gasteiger partial charge on any atom is -0.460 e. The van der Waals surface area contributed by atoms with Crippen LogP contribution in [0, 0.1) is 23.7 Å². The molecule has 0 radical (unpaired) electrons. The molecule has 4 saturated carbocycles. The van der Waals surface area contributed by atoms with Gasteiger partial charge in [0, 0.05) is 38.7 Å². The first kappa shape index (κ1) is 71.6.